The molecule has 0 aliphatic heterocycles. The third kappa shape index (κ3) is 5.07. The first-order chi connectivity index (χ1) is 8.09. The van der Waals surface area contributed by atoms with Crippen LogP contribution in [0.1, 0.15) is 12.5 Å². The minimum absolute atomic E-state index is 0.0734. The van der Waals surface area contributed by atoms with E-state index in [4.69, 9.17) is 4.74 Å². The third-order valence-electron chi connectivity index (χ3n) is 2.03. The molecule has 0 heterocycles. The van der Waals surface area contributed by atoms with Crippen molar-refractivity contribution in [2.45, 2.75) is 13.5 Å². The fourth-order valence-corrected chi connectivity index (χ4v) is 1.28. The lowest BCUT2D eigenvalue weighted by Gasteiger charge is -2.05. The van der Waals surface area contributed by atoms with Crippen LogP contribution in [0.25, 0.3) is 0 Å². The summed E-state index contributed by atoms with van der Waals surface area (Å²) in [6, 6.07) is 6.40. The van der Waals surface area contributed by atoms with E-state index in [1.807, 2.05) is 0 Å². The molecule has 1 aromatic carbocycles. The molecule has 0 saturated carbocycles. The zero-order valence-corrected chi connectivity index (χ0v) is 9.51. The van der Waals surface area contributed by atoms with Crippen molar-refractivity contribution in [1.29, 1.82) is 0 Å². The van der Waals surface area contributed by atoms with Crippen molar-refractivity contribution >= 4 is 11.7 Å². The lowest BCUT2D eigenvalue weighted by Crippen LogP contribution is -2.20. The van der Waals surface area contributed by atoms with Crippen molar-refractivity contribution in [3.05, 3.63) is 39.9 Å². The van der Waals surface area contributed by atoms with Gasteiger partial charge in [-0.2, -0.15) is 0 Å². The van der Waals surface area contributed by atoms with Gasteiger partial charge in [0.05, 0.1) is 4.92 Å². The topological polar surface area (TPSA) is 81.5 Å². The second-order valence-corrected chi connectivity index (χ2v) is 3.44. The predicted octanol–water partition coefficient (Wildman–Crippen LogP) is 1.25. The molecule has 0 aliphatic carbocycles. The maximum absolute atomic E-state index is 10.5. The smallest absolute Gasteiger partial charge is 0.302 e. The van der Waals surface area contributed by atoms with Gasteiger partial charge in [0.1, 0.15) is 6.61 Å². The quantitative estimate of drug-likeness (QED) is 0.349. The molecular weight excluding hydrogens is 224 g/mol. The second-order valence-electron chi connectivity index (χ2n) is 3.44. The van der Waals surface area contributed by atoms with Crippen LogP contribution >= 0.6 is 0 Å². The van der Waals surface area contributed by atoms with Gasteiger partial charge in [0, 0.05) is 32.1 Å². The van der Waals surface area contributed by atoms with Gasteiger partial charge in [-0.15, -0.1) is 0 Å². The highest BCUT2D eigenvalue weighted by Crippen LogP contribution is 2.12. The molecule has 0 amide bonds. The monoisotopic (exact) mass is 238 g/mol. The van der Waals surface area contributed by atoms with Crippen molar-refractivity contribution in [2.24, 2.45) is 0 Å². The maximum Gasteiger partial charge on any atom is 0.302 e. The number of rotatable bonds is 6. The average Bonchev–Trinajstić information content (AvgIpc) is 2.28. The van der Waals surface area contributed by atoms with E-state index >= 15 is 0 Å². The van der Waals surface area contributed by atoms with Gasteiger partial charge in [0.2, 0.25) is 0 Å². The van der Waals surface area contributed by atoms with Crippen molar-refractivity contribution in [3.8, 4) is 0 Å². The Balaban J connectivity index is 2.34. The van der Waals surface area contributed by atoms with Crippen LogP contribution in [0.15, 0.2) is 24.3 Å². The van der Waals surface area contributed by atoms with Gasteiger partial charge in [0.15, 0.2) is 0 Å². The summed E-state index contributed by atoms with van der Waals surface area (Å²) in [6.07, 6.45) is 0. The van der Waals surface area contributed by atoms with E-state index in [0.29, 0.717) is 19.7 Å². The van der Waals surface area contributed by atoms with Crippen molar-refractivity contribution in [2.75, 3.05) is 13.2 Å². The second kappa shape index (κ2) is 6.59. The van der Waals surface area contributed by atoms with Gasteiger partial charge in [-0.25, -0.2) is 0 Å². The lowest BCUT2D eigenvalue weighted by atomic mass is 10.2. The Morgan fingerprint density at radius 2 is 2.29 bits per heavy atom. The van der Waals surface area contributed by atoms with Crippen molar-refractivity contribution in [1.82, 2.24) is 5.32 Å². The van der Waals surface area contributed by atoms with Crippen LogP contribution in [0.3, 0.4) is 0 Å². The molecule has 6 heteroatoms. The molecule has 6 nitrogen and oxygen atoms in total. The van der Waals surface area contributed by atoms with Gasteiger partial charge in [0.25, 0.3) is 5.69 Å². The number of nitrogens with zero attached hydrogens (tertiary/aromatic N) is 1. The Labute approximate surface area is 98.7 Å². The Morgan fingerprint density at radius 1 is 1.53 bits per heavy atom. The predicted molar refractivity (Wildman–Crippen MR) is 61.4 cm³/mol. The summed E-state index contributed by atoms with van der Waals surface area (Å²) in [4.78, 5) is 20.6. The van der Waals surface area contributed by atoms with E-state index in [9.17, 15) is 14.9 Å². The number of non-ortho nitro benzene ring substituents is 1. The molecule has 1 aromatic rings. The Bertz CT molecular complexity index is 406. The highest BCUT2D eigenvalue weighted by atomic mass is 16.6. The summed E-state index contributed by atoms with van der Waals surface area (Å²) in [5, 5.41) is 13.6. The van der Waals surface area contributed by atoms with E-state index in [2.05, 4.69) is 5.32 Å². The van der Waals surface area contributed by atoms with Crippen LogP contribution in [-0.2, 0) is 16.1 Å². The average molecular weight is 238 g/mol. The molecule has 92 valence electrons. The first-order valence-corrected chi connectivity index (χ1v) is 5.17. The molecule has 17 heavy (non-hydrogen) atoms. The maximum atomic E-state index is 10.5. The Hall–Kier alpha value is -1.95. The molecule has 0 aromatic heterocycles. The number of benzene rings is 1. The van der Waals surface area contributed by atoms with E-state index in [0.717, 1.165) is 5.56 Å². The molecule has 1 N–H and O–H groups in total. The SMILES string of the molecule is CC(=O)OCCNCc1cccc([N+](=O)[O-])c1. The van der Waals surface area contributed by atoms with Gasteiger partial charge in [-0.3, -0.25) is 14.9 Å². The summed E-state index contributed by atoms with van der Waals surface area (Å²) in [6.45, 7) is 2.66. The zero-order chi connectivity index (χ0) is 12.7. The minimum Gasteiger partial charge on any atom is -0.465 e. The van der Waals surface area contributed by atoms with Gasteiger partial charge in [-0.1, -0.05) is 12.1 Å². The number of nitro groups is 1. The number of hydrogen-bond acceptors (Lipinski definition) is 5. The van der Waals surface area contributed by atoms with Gasteiger partial charge in [-0.05, 0) is 5.56 Å². The Kier molecular flexibility index (Phi) is 5.09. The van der Waals surface area contributed by atoms with E-state index in [1.54, 1.807) is 12.1 Å². The molecule has 0 spiro atoms. The molecule has 0 radical (unpaired) electrons. The normalized spacial score (nSPS) is 9.94. The number of hydrogen-bond donors (Lipinski definition) is 1. The first-order valence-electron chi connectivity index (χ1n) is 5.17. The van der Waals surface area contributed by atoms with E-state index in [-0.39, 0.29) is 11.7 Å². The number of nitro benzene ring substituents is 1. The van der Waals surface area contributed by atoms with E-state index in [1.165, 1.54) is 19.1 Å². The fraction of sp³-hybridized carbons (Fsp3) is 0.364. The lowest BCUT2D eigenvalue weighted by molar-refractivity contribution is -0.384. The minimum atomic E-state index is -0.428. The van der Waals surface area contributed by atoms with E-state index < -0.39 is 4.92 Å². The van der Waals surface area contributed by atoms with Gasteiger partial charge < -0.3 is 10.1 Å². The summed E-state index contributed by atoms with van der Waals surface area (Å²) in [5.74, 6) is -0.317. The number of esters is 1. The standard InChI is InChI=1S/C11H14N2O4/c1-9(14)17-6-5-12-8-10-3-2-4-11(7-10)13(15)16/h2-4,7,12H,5-6,8H2,1H3. The summed E-state index contributed by atoms with van der Waals surface area (Å²) in [5.41, 5.74) is 0.895. The van der Waals surface area contributed by atoms with Crippen molar-refractivity contribution < 1.29 is 14.5 Å². The van der Waals surface area contributed by atoms with Crippen LogP contribution in [-0.4, -0.2) is 24.0 Å². The van der Waals surface area contributed by atoms with Crippen LogP contribution in [0, 0.1) is 10.1 Å². The summed E-state index contributed by atoms with van der Waals surface area (Å²) >= 11 is 0. The van der Waals surface area contributed by atoms with Crippen LogP contribution in [0.5, 0.6) is 0 Å². The summed E-state index contributed by atoms with van der Waals surface area (Å²) < 4.78 is 4.73. The number of ether oxygens (including phenoxy) is 1. The molecular formula is C11H14N2O4. The molecule has 0 saturated heterocycles. The van der Waals surface area contributed by atoms with Crippen LogP contribution in [0.4, 0.5) is 5.69 Å². The number of nitrogens with one attached hydrogen (secondary N) is 1. The number of carbonyl (C=O) groups excluding carboxylic acids is 1. The molecule has 0 unspecified atom stereocenters. The number of carbonyl (C=O) groups is 1. The van der Waals surface area contributed by atoms with Crippen molar-refractivity contribution in [3.63, 3.8) is 0 Å². The Morgan fingerprint density at radius 3 is 2.94 bits per heavy atom. The highest BCUT2D eigenvalue weighted by molar-refractivity contribution is 5.65. The van der Waals surface area contributed by atoms with Crippen LogP contribution in [0.2, 0.25) is 0 Å². The molecule has 0 fully saturated rings. The first kappa shape index (κ1) is 13.1. The molecule has 1 rings (SSSR count). The largest absolute Gasteiger partial charge is 0.465 e. The third-order valence-corrected chi connectivity index (χ3v) is 2.03. The van der Waals surface area contributed by atoms with Crippen LogP contribution < -0.4 is 5.32 Å². The summed E-state index contributed by atoms with van der Waals surface area (Å²) in [7, 11) is 0. The molecule has 0 atom stereocenters. The van der Waals surface area contributed by atoms with Gasteiger partial charge >= 0.3 is 5.97 Å². The molecule has 0 bridgehead atoms. The zero-order valence-electron chi connectivity index (χ0n) is 9.51. The molecule has 0 aliphatic rings. The fourth-order valence-electron chi connectivity index (χ4n) is 1.28. The highest BCUT2D eigenvalue weighted by Gasteiger charge is 2.04.